The third kappa shape index (κ3) is 1.35. The Morgan fingerprint density at radius 3 is 2.64 bits per heavy atom. The first-order valence-electron chi connectivity index (χ1n) is 3.12. The molecule has 0 spiro atoms. The first kappa shape index (κ1) is 8.07. The largest absolute Gasteiger partial charge is 0.397 e. The quantitative estimate of drug-likeness (QED) is 0.367. The number of thiol groups is 1. The SMILES string of the molecule is CC1=CC=C(N)C(=N)/C1=N\S. The summed E-state index contributed by atoms with van der Waals surface area (Å²) in [6.45, 7) is 1.87. The molecule has 0 saturated carbocycles. The van der Waals surface area contributed by atoms with Gasteiger partial charge in [-0.15, -0.1) is 0 Å². The van der Waals surface area contributed by atoms with Crippen molar-refractivity contribution in [3.63, 3.8) is 0 Å². The smallest absolute Gasteiger partial charge is 0.104 e. The molecule has 0 saturated heterocycles. The molecule has 0 amide bonds. The third-order valence-electron chi connectivity index (χ3n) is 1.51. The van der Waals surface area contributed by atoms with Crippen molar-refractivity contribution >= 4 is 24.2 Å². The molecule has 0 heterocycles. The van der Waals surface area contributed by atoms with E-state index in [1.54, 1.807) is 6.08 Å². The zero-order valence-corrected chi connectivity index (χ0v) is 7.02. The van der Waals surface area contributed by atoms with E-state index in [1.165, 1.54) is 0 Å². The van der Waals surface area contributed by atoms with Gasteiger partial charge in [0, 0.05) is 0 Å². The van der Waals surface area contributed by atoms with Gasteiger partial charge in [0.25, 0.3) is 0 Å². The predicted molar refractivity (Wildman–Crippen MR) is 50.2 cm³/mol. The van der Waals surface area contributed by atoms with Gasteiger partial charge in [0.05, 0.1) is 5.70 Å². The van der Waals surface area contributed by atoms with Gasteiger partial charge < -0.3 is 5.73 Å². The van der Waals surface area contributed by atoms with E-state index in [-0.39, 0.29) is 5.71 Å². The summed E-state index contributed by atoms with van der Waals surface area (Å²) in [4.78, 5) is 0. The van der Waals surface area contributed by atoms with Crippen LogP contribution < -0.4 is 5.73 Å². The van der Waals surface area contributed by atoms with Gasteiger partial charge in [0.15, 0.2) is 0 Å². The second-order valence-corrected chi connectivity index (χ2v) is 2.50. The van der Waals surface area contributed by atoms with E-state index in [2.05, 4.69) is 17.2 Å². The molecule has 1 rings (SSSR count). The molecular formula is C7H9N3S. The number of allylic oxidation sites excluding steroid dienone is 4. The first-order valence-corrected chi connectivity index (χ1v) is 3.52. The Balaban J connectivity index is 3.13. The number of hydrogen-bond donors (Lipinski definition) is 3. The molecule has 0 radical (unpaired) electrons. The minimum atomic E-state index is 0.250. The van der Waals surface area contributed by atoms with Crippen LogP contribution >= 0.6 is 12.8 Å². The zero-order chi connectivity index (χ0) is 8.43. The summed E-state index contributed by atoms with van der Waals surface area (Å²) in [5.41, 5.74) is 7.63. The normalized spacial score (nSPS) is 21.6. The van der Waals surface area contributed by atoms with Gasteiger partial charge in [-0.3, -0.25) is 5.41 Å². The van der Waals surface area contributed by atoms with Crippen LogP contribution in [0.25, 0.3) is 0 Å². The monoisotopic (exact) mass is 167 g/mol. The van der Waals surface area contributed by atoms with E-state index in [0.717, 1.165) is 5.57 Å². The van der Waals surface area contributed by atoms with Crippen LogP contribution in [-0.2, 0) is 0 Å². The van der Waals surface area contributed by atoms with E-state index in [0.29, 0.717) is 11.4 Å². The summed E-state index contributed by atoms with van der Waals surface area (Å²) in [7, 11) is 0. The maximum atomic E-state index is 7.47. The summed E-state index contributed by atoms with van der Waals surface area (Å²) in [5.74, 6) is 0. The van der Waals surface area contributed by atoms with Crippen LogP contribution in [-0.4, -0.2) is 11.4 Å². The molecule has 1 aliphatic rings. The number of nitrogens with zero attached hydrogens (tertiary/aromatic N) is 1. The molecule has 0 unspecified atom stereocenters. The van der Waals surface area contributed by atoms with Gasteiger partial charge in [-0.25, -0.2) is 4.40 Å². The highest BCUT2D eigenvalue weighted by atomic mass is 32.1. The van der Waals surface area contributed by atoms with Crippen LogP contribution in [0, 0.1) is 5.41 Å². The van der Waals surface area contributed by atoms with Gasteiger partial charge >= 0.3 is 0 Å². The summed E-state index contributed by atoms with van der Waals surface area (Å²) in [6.07, 6.45) is 3.52. The maximum absolute atomic E-state index is 7.47. The van der Waals surface area contributed by atoms with Gasteiger partial charge in [0.2, 0.25) is 0 Å². The first-order chi connectivity index (χ1) is 5.16. The zero-order valence-electron chi connectivity index (χ0n) is 6.13. The number of rotatable bonds is 0. The van der Waals surface area contributed by atoms with Crippen molar-refractivity contribution in [1.82, 2.24) is 0 Å². The molecule has 11 heavy (non-hydrogen) atoms. The predicted octanol–water partition coefficient (Wildman–Crippen LogP) is 1.09. The number of nitrogens with one attached hydrogen (secondary N) is 1. The molecule has 3 nitrogen and oxygen atoms in total. The Morgan fingerprint density at radius 1 is 1.55 bits per heavy atom. The lowest BCUT2D eigenvalue weighted by atomic mass is 10.0. The van der Waals surface area contributed by atoms with Crippen molar-refractivity contribution < 1.29 is 0 Å². The second-order valence-electron chi connectivity index (χ2n) is 2.30. The van der Waals surface area contributed by atoms with Gasteiger partial charge in [0.1, 0.15) is 11.4 Å². The van der Waals surface area contributed by atoms with Gasteiger partial charge in [-0.05, 0) is 31.4 Å². The molecule has 4 heteroatoms. The lowest BCUT2D eigenvalue weighted by Gasteiger charge is -2.11. The summed E-state index contributed by atoms with van der Waals surface area (Å²) >= 11 is 3.75. The molecular weight excluding hydrogens is 158 g/mol. The van der Waals surface area contributed by atoms with Gasteiger partial charge in [-0.1, -0.05) is 6.08 Å². The summed E-state index contributed by atoms with van der Waals surface area (Å²) < 4.78 is 3.66. The van der Waals surface area contributed by atoms with E-state index >= 15 is 0 Å². The van der Waals surface area contributed by atoms with Crippen molar-refractivity contribution in [3.05, 3.63) is 23.4 Å². The fourth-order valence-corrected chi connectivity index (χ4v) is 1.10. The summed E-state index contributed by atoms with van der Waals surface area (Å²) in [6, 6.07) is 0. The van der Waals surface area contributed by atoms with Gasteiger partial charge in [-0.2, -0.15) is 0 Å². The lowest BCUT2D eigenvalue weighted by Crippen LogP contribution is -2.23. The molecule has 0 bridgehead atoms. The van der Waals surface area contributed by atoms with Crippen LogP contribution in [0.4, 0.5) is 0 Å². The van der Waals surface area contributed by atoms with Crippen molar-refractivity contribution in [2.75, 3.05) is 0 Å². The molecule has 3 N–H and O–H groups in total. The standard InChI is InChI=1S/C7H9N3S/c1-4-2-3-5(8)6(9)7(4)10-11/h2-3,9,11H,8H2,1H3/b9-6?,10-7-. The van der Waals surface area contributed by atoms with Crippen LogP contribution in [0.2, 0.25) is 0 Å². The van der Waals surface area contributed by atoms with Crippen LogP contribution in [0.1, 0.15) is 6.92 Å². The Bertz CT molecular complexity index is 282. The highest BCUT2D eigenvalue weighted by molar-refractivity contribution is 7.79. The van der Waals surface area contributed by atoms with Crippen molar-refractivity contribution in [1.29, 1.82) is 5.41 Å². The van der Waals surface area contributed by atoms with Crippen LogP contribution in [0.3, 0.4) is 0 Å². The minimum absolute atomic E-state index is 0.250. The molecule has 58 valence electrons. The average molecular weight is 167 g/mol. The van der Waals surface area contributed by atoms with Crippen LogP contribution in [0.5, 0.6) is 0 Å². The van der Waals surface area contributed by atoms with E-state index in [4.69, 9.17) is 11.1 Å². The van der Waals surface area contributed by atoms with Crippen molar-refractivity contribution in [2.45, 2.75) is 6.92 Å². The molecule has 1 aliphatic carbocycles. The van der Waals surface area contributed by atoms with Crippen molar-refractivity contribution in [3.8, 4) is 0 Å². The van der Waals surface area contributed by atoms with Crippen molar-refractivity contribution in [2.24, 2.45) is 10.1 Å². The molecule has 0 aliphatic heterocycles. The molecule has 0 aromatic rings. The highest BCUT2D eigenvalue weighted by Crippen LogP contribution is 2.10. The molecule has 0 atom stereocenters. The van der Waals surface area contributed by atoms with E-state index < -0.39 is 0 Å². The number of nitrogens with two attached hydrogens (primary N) is 1. The minimum Gasteiger partial charge on any atom is -0.397 e. The second kappa shape index (κ2) is 2.92. The van der Waals surface area contributed by atoms with E-state index in [1.807, 2.05) is 13.0 Å². The Labute approximate surface area is 70.8 Å². The average Bonchev–Trinajstić information content (AvgIpc) is 1.99. The Hall–Kier alpha value is -1.03. The van der Waals surface area contributed by atoms with E-state index in [9.17, 15) is 0 Å². The van der Waals surface area contributed by atoms with Crippen LogP contribution in [0.15, 0.2) is 27.8 Å². The topological polar surface area (TPSA) is 62.2 Å². The molecule has 0 aromatic heterocycles. The summed E-state index contributed by atoms with van der Waals surface area (Å²) in [5, 5.41) is 7.47. The lowest BCUT2D eigenvalue weighted by molar-refractivity contribution is 1.39. The molecule has 0 aromatic carbocycles. The Kier molecular flexibility index (Phi) is 2.14. The maximum Gasteiger partial charge on any atom is 0.104 e. The molecule has 0 fully saturated rings. The fraction of sp³-hybridized carbons (Fsp3) is 0.143. The third-order valence-corrected chi connectivity index (χ3v) is 1.71. The highest BCUT2D eigenvalue weighted by Gasteiger charge is 2.14. The number of hydrogen-bond acceptors (Lipinski definition) is 4. The fourth-order valence-electron chi connectivity index (χ4n) is 0.840. The Morgan fingerprint density at radius 2 is 2.18 bits per heavy atom.